The summed E-state index contributed by atoms with van der Waals surface area (Å²) in [7, 11) is -2.13. The van der Waals surface area contributed by atoms with Crippen molar-refractivity contribution in [1.82, 2.24) is 4.31 Å². The van der Waals surface area contributed by atoms with Gasteiger partial charge in [0.05, 0.1) is 5.69 Å². The summed E-state index contributed by atoms with van der Waals surface area (Å²) in [4.78, 5) is 0. The van der Waals surface area contributed by atoms with Gasteiger partial charge in [-0.05, 0) is 12.1 Å². The first kappa shape index (κ1) is 15.5. The van der Waals surface area contributed by atoms with Crippen LogP contribution >= 0.6 is 0 Å². The van der Waals surface area contributed by atoms with Gasteiger partial charge in [-0.15, -0.1) is 0 Å². The first-order valence-electron chi connectivity index (χ1n) is 6.03. The van der Waals surface area contributed by atoms with Gasteiger partial charge in [0.15, 0.2) is 0 Å². The smallest absolute Gasteiger partial charge is 0.303 e. The molecule has 1 aromatic carbocycles. The molecule has 0 bridgehead atoms. The average molecular weight is 284 g/mol. The highest BCUT2D eigenvalue weighted by Gasteiger charge is 2.26. The van der Waals surface area contributed by atoms with Crippen LogP contribution in [0.1, 0.15) is 19.4 Å². The SMILES string of the molecule is CCN(CC)S(=O)(=O)N(C)c1ccccc1C(=N)N. The summed E-state index contributed by atoms with van der Waals surface area (Å²) < 4.78 is 27.3. The zero-order valence-electron chi connectivity index (χ0n) is 11.4. The number of nitrogens with two attached hydrogens (primary N) is 1. The number of hydrogen-bond acceptors (Lipinski definition) is 3. The van der Waals surface area contributed by atoms with E-state index < -0.39 is 10.2 Å². The number of nitrogen functional groups attached to an aromatic ring is 1. The van der Waals surface area contributed by atoms with E-state index in [1.807, 2.05) is 0 Å². The van der Waals surface area contributed by atoms with Crippen LogP contribution in [0.25, 0.3) is 0 Å². The zero-order chi connectivity index (χ0) is 14.6. The molecule has 0 aliphatic heterocycles. The van der Waals surface area contributed by atoms with Crippen molar-refractivity contribution in [2.75, 3.05) is 24.4 Å². The molecule has 0 aliphatic rings. The quantitative estimate of drug-likeness (QED) is 0.603. The summed E-state index contributed by atoms with van der Waals surface area (Å²) in [5.74, 6) is -0.155. The summed E-state index contributed by atoms with van der Waals surface area (Å²) in [6.07, 6.45) is 0. The van der Waals surface area contributed by atoms with Crippen molar-refractivity contribution < 1.29 is 8.42 Å². The van der Waals surface area contributed by atoms with Crippen molar-refractivity contribution in [3.8, 4) is 0 Å². The highest BCUT2D eigenvalue weighted by atomic mass is 32.2. The number of hydrogen-bond donors (Lipinski definition) is 2. The van der Waals surface area contributed by atoms with Crippen LogP contribution in [0, 0.1) is 5.41 Å². The Hall–Kier alpha value is -1.60. The topological polar surface area (TPSA) is 90.5 Å². The zero-order valence-corrected chi connectivity index (χ0v) is 12.2. The van der Waals surface area contributed by atoms with Crippen LogP contribution < -0.4 is 10.0 Å². The molecule has 1 rings (SSSR count). The molecule has 0 heterocycles. The Morgan fingerprint density at radius 3 is 2.26 bits per heavy atom. The van der Waals surface area contributed by atoms with E-state index in [0.717, 1.165) is 4.31 Å². The van der Waals surface area contributed by atoms with E-state index in [1.54, 1.807) is 38.1 Å². The molecule has 19 heavy (non-hydrogen) atoms. The van der Waals surface area contributed by atoms with Gasteiger partial charge < -0.3 is 5.73 Å². The van der Waals surface area contributed by atoms with Gasteiger partial charge in [0.25, 0.3) is 0 Å². The molecule has 6 nitrogen and oxygen atoms in total. The summed E-state index contributed by atoms with van der Waals surface area (Å²) >= 11 is 0. The van der Waals surface area contributed by atoms with Gasteiger partial charge in [-0.2, -0.15) is 12.7 Å². The molecule has 0 amide bonds. The van der Waals surface area contributed by atoms with E-state index in [1.165, 1.54) is 11.4 Å². The van der Waals surface area contributed by atoms with Crippen molar-refractivity contribution >= 4 is 21.7 Å². The number of nitrogens with zero attached hydrogens (tertiary/aromatic N) is 2. The molecule has 0 aliphatic carbocycles. The molecular weight excluding hydrogens is 264 g/mol. The number of amidine groups is 1. The summed E-state index contributed by atoms with van der Waals surface area (Å²) in [6, 6.07) is 6.71. The van der Waals surface area contributed by atoms with Crippen LogP contribution in [0.5, 0.6) is 0 Å². The molecule has 0 atom stereocenters. The van der Waals surface area contributed by atoms with Crippen molar-refractivity contribution in [2.45, 2.75) is 13.8 Å². The lowest BCUT2D eigenvalue weighted by atomic mass is 10.1. The minimum Gasteiger partial charge on any atom is -0.384 e. The molecule has 3 N–H and O–H groups in total. The molecule has 7 heteroatoms. The van der Waals surface area contributed by atoms with Gasteiger partial charge in [0, 0.05) is 25.7 Å². The lowest BCUT2D eigenvalue weighted by Crippen LogP contribution is -2.42. The molecule has 0 fully saturated rings. The highest BCUT2D eigenvalue weighted by Crippen LogP contribution is 2.22. The average Bonchev–Trinajstić information content (AvgIpc) is 2.38. The van der Waals surface area contributed by atoms with Gasteiger partial charge in [-0.1, -0.05) is 26.0 Å². The second-order valence-electron chi connectivity index (χ2n) is 3.99. The molecule has 0 saturated heterocycles. The van der Waals surface area contributed by atoms with Crippen LogP contribution in [0.15, 0.2) is 24.3 Å². The first-order chi connectivity index (χ1) is 8.86. The molecule has 0 aromatic heterocycles. The summed E-state index contributed by atoms with van der Waals surface area (Å²) in [6.45, 7) is 4.36. The Labute approximate surface area is 114 Å². The summed E-state index contributed by atoms with van der Waals surface area (Å²) in [5, 5.41) is 7.51. The van der Waals surface area contributed by atoms with Crippen molar-refractivity contribution in [2.24, 2.45) is 5.73 Å². The molecule has 0 spiro atoms. The van der Waals surface area contributed by atoms with E-state index in [0.29, 0.717) is 24.3 Å². The minimum absolute atomic E-state index is 0.155. The third-order valence-electron chi connectivity index (χ3n) is 2.91. The molecular formula is C12H20N4O2S. The maximum atomic E-state index is 12.4. The van der Waals surface area contributed by atoms with Gasteiger partial charge in [-0.25, -0.2) is 0 Å². The predicted molar refractivity (Wildman–Crippen MR) is 77.7 cm³/mol. The van der Waals surface area contributed by atoms with Crippen LogP contribution in [-0.4, -0.2) is 38.7 Å². The third kappa shape index (κ3) is 3.05. The molecule has 1 aromatic rings. The van der Waals surface area contributed by atoms with Crippen LogP contribution in [0.3, 0.4) is 0 Å². The van der Waals surface area contributed by atoms with E-state index >= 15 is 0 Å². The van der Waals surface area contributed by atoms with Gasteiger partial charge in [0.1, 0.15) is 5.84 Å². The predicted octanol–water partition coefficient (Wildman–Crippen LogP) is 0.993. The van der Waals surface area contributed by atoms with E-state index in [2.05, 4.69) is 0 Å². The summed E-state index contributed by atoms with van der Waals surface area (Å²) in [5.41, 5.74) is 6.29. The number of anilines is 1. The monoisotopic (exact) mass is 284 g/mol. The normalized spacial score (nSPS) is 11.6. The maximum Gasteiger partial charge on any atom is 0.303 e. The van der Waals surface area contributed by atoms with Crippen molar-refractivity contribution in [1.29, 1.82) is 5.41 Å². The second kappa shape index (κ2) is 6.03. The largest absolute Gasteiger partial charge is 0.384 e. The highest BCUT2D eigenvalue weighted by molar-refractivity contribution is 7.90. The van der Waals surface area contributed by atoms with Crippen molar-refractivity contribution in [3.63, 3.8) is 0 Å². The van der Waals surface area contributed by atoms with E-state index in [4.69, 9.17) is 11.1 Å². The molecule has 0 radical (unpaired) electrons. The Kier molecular flexibility index (Phi) is 4.90. The van der Waals surface area contributed by atoms with E-state index in [-0.39, 0.29) is 5.84 Å². The maximum absolute atomic E-state index is 12.4. The third-order valence-corrected chi connectivity index (χ3v) is 4.97. The van der Waals surface area contributed by atoms with Crippen LogP contribution in [0.4, 0.5) is 5.69 Å². The first-order valence-corrected chi connectivity index (χ1v) is 7.43. The fourth-order valence-electron chi connectivity index (χ4n) is 1.82. The Bertz CT molecular complexity index is 553. The van der Waals surface area contributed by atoms with Crippen LogP contribution in [-0.2, 0) is 10.2 Å². The van der Waals surface area contributed by atoms with Gasteiger partial charge in [0.2, 0.25) is 0 Å². The molecule has 0 saturated carbocycles. The Morgan fingerprint density at radius 1 is 1.26 bits per heavy atom. The fraction of sp³-hybridized carbons (Fsp3) is 0.417. The van der Waals surface area contributed by atoms with Gasteiger partial charge >= 0.3 is 10.2 Å². The van der Waals surface area contributed by atoms with E-state index in [9.17, 15) is 8.42 Å². The molecule has 0 unspecified atom stereocenters. The van der Waals surface area contributed by atoms with Gasteiger partial charge in [-0.3, -0.25) is 9.71 Å². The van der Waals surface area contributed by atoms with Crippen LogP contribution in [0.2, 0.25) is 0 Å². The lowest BCUT2D eigenvalue weighted by molar-refractivity contribution is 0.444. The number of rotatable bonds is 6. The Morgan fingerprint density at radius 2 is 1.79 bits per heavy atom. The number of nitrogens with one attached hydrogen (secondary N) is 1. The molecule has 106 valence electrons. The minimum atomic E-state index is -3.60. The number of para-hydroxylation sites is 1. The van der Waals surface area contributed by atoms with Crippen molar-refractivity contribution in [3.05, 3.63) is 29.8 Å². The number of benzene rings is 1. The Balaban J connectivity index is 3.28. The second-order valence-corrected chi connectivity index (χ2v) is 5.95. The fourth-order valence-corrected chi connectivity index (χ4v) is 3.23. The standard InChI is InChI=1S/C12H20N4O2S/c1-4-16(5-2)19(17,18)15(3)11-9-7-6-8-10(11)12(13)14/h6-9H,4-5H2,1-3H3,(H3,13,14). The lowest BCUT2D eigenvalue weighted by Gasteiger charge is -2.28.